The summed E-state index contributed by atoms with van der Waals surface area (Å²) >= 11 is 0. The van der Waals surface area contributed by atoms with Crippen molar-refractivity contribution in [3.8, 4) is 11.5 Å². The highest BCUT2D eigenvalue weighted by atomic mass is 19.4. The van der Waals surface area contributed by atoms with Crippen molar-refractivity contribution in [3.63, 3.8) is 0 Å². The van der Waals surface area contributed by atoms with Crippen molar-refractivity contribution in [2.75, 3.05) is 7.11 Å². The van der Waals surface area contributed by atoms with Gasteiger partial charge in [0.1, 0.15) is 11.5 Å². The van der Waals surface area contributed by atoms with E-state index in [2.05, 4.69) is 10.2 Å². The third-order valence-electron chi connectivity index (χ3n) is 4.55. The number of nitrogens with one attached hydrogen (secondary N) is 1. The average Bonchev–Trinajstić information content (AvgIpc) is 2.67. The highest BCUT2D eigenvalue weighted by Gasteiger charge is 2.31. The third kappa shape index (κ3) is 6.91. The molecule has 0 aliphatic heterocycles. The van der Waals surface area contributed by atoms with Gasteiger partial charge in [0.15, 0.2) is 5.60 Å². The Bertz CT molecular complexity index is 959. The highest BCUT2D eigenvalue weighted by Crippen LogP contribution is 2.29. The van der Waals surface area contributed by atoms with Crippen LogP contribution in [0.2, 0.25) is 0 Å². The number of allylic oxidation sites excluding steroid dienone is 1. The summed E-state index contributed by atoms with van der Waals surface area (Å²) in [6, 6.07) is 9.20. The highest BCUT2D eigenvalue weighted by molar-refractivity contribution is 5.77. The first-order valence-corrected chi connectivity index (χ1v) is 9.70. The molecule has 0 amide bonds. The molecule has 0 heterocycles. The molecule has 0 spiro atoms. The Morgan fingerprint density at radius 3 is 2.09 bits per heavy atom. The van der Waals surface area contributed by atoms with Crippen molar-refractivity contribution in [1.29, 1.82) is 0 Å². The lowest BCUT2D eigenvalue weighted by Crippen LogP contribution is -2.38. The standard InChI is InChI=1S/C23H26F3NO5/c1-14-12-16(13-15(2)20(14)32-22(3,4)21(28)29)6-11-19(27-30-5)17-7-9-18(10-8-17)31-23(24,25)26/h7-13,27H,6H2,1-5H3,(H,28,29). The maximum absolute atomic E-state index is 12.3. The zero-order chi connectivity index (χ0) is 24.1. The van der Waals surface area contributed by atoms with E-state index in [9.17, 15) is 23.1 Å². The van der Waals surface area contributed by atoms with Gasteiger partial charge in [-0.2, -0.15) is 0 Å². The van der Waals surface area contributed by atoms with Crippen LogP contribution in [-0.4, -0.2) is 30.1 Å². The van der Waals surface area contributed by atoms with Crippen LogP contribution in [0.3, 0.4) is 0 Å². The first-order chi connectivity index (χ1) is 14.8. The maximum Gasteiger partial charge on any atom is 0.573 e. The van der Waals surface area contributed by atoms with Gasteiger partial charge in [-0.25, -0.2) is 4.79 Å². The van der Waals surface area contributed by atoms with Gasteiger partial charge < -0.3 is 14.6 Å². The molecule has 9 heteroatoms. The zero-order valence-electron chi connectivity index (χ0n) is 18.5. The molecule has 6 nitrogen and oxygen atoms in total. The van der Waals surface area contributed by atoms with Crippen LogP contribution in [-0.2, 0) is 16.1 Å². The quantitative estimate of drug-likeness (QED) is 0.510. The summed E-state index contributed by atoms with van der Waals surface area (Å²) in [6.07, 6.45) is -2.44. The summed E-state index contributed by atoms with van der Waals surface area (Å²) < 4.78 is 46.7. The molecular weight excluding hydrogens is 427 g/mol. The van der Waals surface area contributed by atoms with E-state index >= 15 is 0 Å². The molecule has 32 heavy (non-hydrogen) atoms. The molecule has 174 valence electrons. The zero-order valence-corrected chi connectivity index (χ0v) is 18.5. The number of alkyl halides is 3. The lowest BCUT2D eigenvalue weighted by molar-refractivity contribution is -0.274. The SMILES string of the molecule is CONC(=CCc1cc(C)c(OC(C)(C)C(=O)O)c(C)c1)c1ccc(OC(F)(F)F)cc1. The number of hydroxylamine groups is 1. The fourth-order valence-corrected chi connectivity index (χ4v) is 3.00. The van der Waals surface area contributed by atoms with E-state index < -0.39 is 17.9 Å². The minimum Gasteiger partial charge on any atom is -0.478 e. The predicted octanol–water partition coefficient (Wildman–Crippen LogP) is 5.18. The Hall–Kier alpha value is -3.20. The van der Waals surface area contributed by atoms with Crippen molar-refractivity contribution in [2.45, 2.75) is 46.1 Å². The molecule has 0 bridgehead atoms. The number of halogens is 3. The summed E-state index contributed by atoms with van der Waals surface area (Å²) in [5.74, 6) is -0.866. The summed E-state index contributed by atoms with van der Waals surface area (Å²) in [6.45, 7) is 6.64. The second kappa shape index (κ2) is 9.95. The van der Waals surface area contributed by atoms with E-state index in [0.717, 1.165) is 16.7 Å². The lowest BCUT2D eigenvalue weighted by atomic mass is 10.0. The number of rotatable bonds is 9. The Balaban J connectivity index is 2.24. The van der Waals surface area contributed by atoms with Gasteiger partial charge in [-0.15, -0.1) is 13.2 Å². The van der Waals surface area contributed by atoms with Crippen LogP contribution in [0.1, 0.15) is 36.1 Å². The summed E-state index contributed by atoms with van der Waals surface area (Å²) in [5, 5.41) is 9.30. The largest absolute Gasteiger partial charge is 0.573 e. The normalized spacial score (nSPS) is 12.4. The molecule has 0 atom stereocenters. The van der Waals surface area contributed by atoms with Gasteiger partial charge in [-0.3, -0.25) is 10.3 Å². The van der Waals surface area contributed by atoms with Crippen LogP contribution < -0.4 is 15.0 Å². The molecule has 0 aliphatic carbocycles. The number of aryl methyl sites for hydroxylation is 2. The van der Waals surface area contributed by atoms with Crippen molar-refractivity contribution in [3.05, 3.63) is 64.7 Å². The van der Waals surface area contributed by atoms with Crippen LogP contribution in [0, 0.1) is 13.8 Å². The van der Waals surface area contributed by atoms with Gasteiger partial charge in [0.25, 0.3) is 0 Å². The summed E-state index contributed by atoms with van der Waals surface area (Å²) in [7, 11) is 1.43. The smallest absolute Gasteiger partial charge is 0.478 e. The summed E-state index contributed by atoms with van der Waals surface area (Å²) in [4.78, 5) is 16.4. The van der Waals surface area contributed by atoms with Gasteiger partial charge in [0.05, 0.1) is 12.8 Å². The molecule has 0 aromatic heterocycles. The Morgan fingerprint density at radius 1 is 1.06 bits per heavy atom. The maximum atomic E-state index is 12.3. The van der Waals surface area contributed by atoms with E-state index in [4.69, 9.17) is 9.57 Å². The van der Waals surface area contributed by atoms with E-state index in [1.54, 1.807) is 0 Å². The molecule has 2 aromatic rings. The molecule has 0 radical (unpaired) electrons. The van der Waals surface area contributed by atoms with Gasteiger partial charge in [-0.1, -0.05) is 18.2 Å². The van der Waals surface area contributed by atoms with Gasteiger partial charge in [-0.05, 0) is 80.6 Å². The predicted molar refractivity (Wildman–Crippen MR) is 113 cm³/mol. The van der Waals surface area contributed by atoms with E-state index in [0.29, 0.717) is 23.4 Å². The Labute approximate surface area is 184 Å². The number of carbonyl (C=O) groups is 1. The molecule has 0 aliphatic rings. The Kier molecular flexibility index (Phi) is 7.79. The molecular formula is C23H26F3NO5. The van der Waals surface area contributed by atoms with E-state index in [-0.39, 0.29) is 5.75 Å². The third-order valence-corrected chi connectivity index (χ3v) is 4.55. The van der Waals surface area contributed by atoms with Gasteiger partial charge in [0, 0.05) is 0 Å². The van der Waals surface area contributed by atoms with Gasteiger partial charge in [0.2, 0.25) is 0 Å². The number of ether oxygens (including phenoxy) is 2. The molecule has 2 rings (SSSR count). The second-order valence-corrected chi connectivity index (χ2v) is 7.68. The van der Waals surface area contributed by atoms with E-state index in [1.807, 2.05) is 32.1 Å². The first-order valence-electron chi connectivity index (χ1n) is 9.70. The molecule has 2 aromatic carbocycles. The van der Waals surface area contributed by atoms with Crippen LogP contribution in [0.4, 0.5) is 13.2 Å². The number of aliphatic carboxylic acids is 1. The van der Waals surface area contributed by atoms with Crippen LogP contribution in [0.25, 0.3) is 5.70 Å². The minimum atomic E-state index is -4.75. The van der Waals surface area contributed by atoms with Crippen molar-refractivity contribution in [2.24, 2.45) is 0 Å². The fraction of sp³-hybridized carbons (Fsp3) is 0.348. The number of carboxylic acids is 1. The number of benzene rings is 2. The van der Waals surface area contributed by atoms with Crippen LogP contribution in [0.15, 0.2) is 42.5 Å². The Morgan fingerprint density at radius 2 is 1.62 bits per heavy atom. The first kappa shape index (κ1) is 25.1. The number of hydrogen-bond acceptors (Lipinski definition) is 5. The molecule has 0 saturated heterocycles. The monoisotopic (exact) mass is 453 g/mol. The molecule has 0 fully saturated rings. The molecule has 0 saturated carbocycles. The average molecular weight is 453 g/mol. The minimum absolute atomic E-state index is 0.316. The lowest BCUT2D eigenvalue weighted by Gasteiger charge is -2.24. The van der Waals surface area contributed by atoms with Crippen molar-refractivity contribution < 1.29 is 37.4 Å². The molecule has 2 N–H and O–H groups in total. The number of carboxylic acid groups (broad SMARTS) is 1. The molecule has 0 unspecified atom stereocenters. The van der Waals surface area contributed by atoms with Crippen LogP contribution >= 0.6 is 0 Å². The van der Waals surface area contributed by atoms with Crippen molar-refractivity contribution in [1.82, 2.24) is 5.48 Å². The van der Waals surface area contributed by atoms with E-state index in [1.165, 1.54) is 45.2 Å². The van der Waals surface area contributed by atoms with Crippen LogP contribution in [0.5, 0.6) is 11.5 Å². The van der Waals surface area contributed by atoms with Gasteiger partial charge >= 0.3 is 12.3 Å². The number of hydrogen-bond donors (Lipinski definition) is 2. The topological polar surface area (TPSA) is 77.0 Å². The summed E-state index contributed by atoms with van der Waals surface area (Å²) in [5.41, 5.74) is 5.05. The van der Waals surface area contributed by atoms with Crippen molar-refractivity contribution >= 4 is 11.7 Å². The second-order valence-electron chi connectivity index (χ2n) is 7.68. The fourth-order valence-electron chi connectivity index (χ4n) is 3.00.